The maximum absolute atomic E-state index is 13.8. The van der Waals surface area contributed by atoms with Crippen molar-refractivity contribution in [1.29, 1.82) is 0 Å². The third-order valence-corrected chi connectivity index (χ3v) is 3.39. The lowest BCUT2D eigenvalue weighted by atomic mass is 10.1. The molecule has 1 heterocycles. The number of benzene rings is 2. The summed E-state index contributed by atoms with van der Waals surface area (Å²) in [6.07, 6.45) is 3.03. The summed E-state index contributed by atoms with van der Waals surface area (Å²) in [6.45, 7) is 0.353. The highest BCUT2D eigenvalue weighted by Crippen LogP contribution is 2.23. The molecule has 2 aromatic carbocycles. The molecule has 0 fully saturated rings. The van der Waals surface area contributed by atoms with E-state index in [0.29, 0.717) is 17.9 Å². The van der Waals surface area contributed by atoms with Gasteiger partial charge in [0.25, 0.3) is 0 Å². The summed E-state index contributed by atoms with van der Waals surface area (Å²) in [5, 5.41) is 3.30. The number of aromatic nitrogens is 1. The molecular weight excluding hydrogens is 291 g/mol. The summed E-state index contributed by atoms with van der Waals surface area (Å²) >= 11 is 5.77. The van der Waals surface area contributed by atoms with Gasteiger partial charge >= 0.3 is 0 Å². The van der Waals surface area contributed by atoms with Crippen LogP contribution < -0.4 is 5.32 Å². The van der Waals surface area contributed by atoms with Gasteiger partial charge in [-0.2, -0.15) is 0 Å². The number of nitrogens with one attached hydrogen (secondary N) is 1. The fourth-order valence-electron chi connectivity index (χ4n) is 2.02. The molecule has 3 nitrogen and oxygen atoms in total. The molecule has 1 N–H and O–H groups in total. The molecule has 5 heteroatoms. The number of halogens is 2. The van der Waals surface area contributed by atoms with Crippen molar-refractivity contribution < 1.29 is 8.81 Å². The quantitative estimate of drug-likeness (QED) is 0.756. The van der Waals surface area contributed by atoms with Crippen LogP contribution in [0.25, 0.3) is 11.3 Å². The number of hydrogen-bond donors (Lipinski definition) is 1. The molecule has 0 aliphatic carbocycles. The predicted octanol–water partition coefficient (Wildman–Crippen LogP) is 4.75. The summed E-state index contributed by atoms with van der Waals surface area (Å²) in [6, 6.07) is 12.6. The van der Waals surface area contributed by atoms with Gasteiger partial charge in [-0.05, 0) is 18.2 Å². The van der Waals surface area contributed by atoms with E-state index in [1.807, 2.05) is 24.3 Å². The number of oxazole rings is 1. The molecule has 0 saturated heterocycles. The third-order valence-electron chi connectivity index (χ3n) is 3.09. The van der Waals surface area contributed by atoms with E-state index >= 15 is 0 Å². The van der Waals surface area contributed by atoms with Gasteiger partial charge < -0.3 is 9.73 Å². The Kier molecular flexibility index (Phi) is 3.88. The first kappa shape index (κ1) is 13.6. The molecule has 0 atom stereocenters. The summed E-state index contributed by atoms with van der Waals surface area (Å²) in [5.41, 5.74) is 2.29. The van der Waals surface area contributed by atoms with Crippen LogP contribution >= 0.6 is 11.6 Å². The average molecular weight is 303 g/mol. The number of anilines is 1. The van der Waals surface area contributed by atoms with Crippen LogP contribution in [0.4, 0.5) is 10.1 Å². The highest BCUT2D eigenvalue weighted by molar-refractivity contribution is 6.30. The largest absolute Gasteiger partial charge is 0.444 e. The SMILES string of the molecule is Fc1c(Cl)cccc1CNc1cccc(-c2cnco2)c1. The summed E-state index contributed by atoms with van der Waals surface area (Å²) in [7, 11) is 0. The first-order valence-electron chi connectivity index (χ1n) is 6.40. The third kappa shape index (κ3) is 3.06. The van der Waals surface area contributed by atoms with Crippen molar-refractivity contribution in [3.63, 3.8) is 0 Å². The van der Waals surface area contributed by atoms with Crippen molar-refractivity contribution in [3.05, 3.63) is 71.5 Å². The van der Waals surface area contributed by atoms with E-state index < -0.39 is 5.82 Å². The van der Waals surface area contributed by atoms with Gasteiger partial charge in [0.2, 0.25) is 0 Å². The van der Waals surface area contributed by atoms with Crippen molar-refractivity contribution in [2.75, 3.05) is 5.32 Å². The van der Waals surface area contributed by atoms with Gasteiger partial charge in [0.1, 0.15) is 5.82 Å². The van der Waals surface area contributed by atoms with Crippen LogP contribution in [0.1, 0.15) is 5.56 Å². The van der Waals surface area contributed by atoms with Crippen molar-refractivity contribution in [2.45, 2.75) is 6.54 Å². The molecule has 3 aromatic rings. The van der Waals surface area contributed by atoms with Crippen molar-refractivity contribution in [2.24, 2.45) is 0 Å². The van der Waals surface area contributed by atoms with Gasteiger partial charge in [-0.3, -0.25) is 0 Å². The second-order valence-corrected chi connectivity index (χ2v) is 4.92. The molecule has 0 saturated carbocycles. The Hall–Kier alpha value is -2.33. The minimum absolute atomic E-state index is 0.129. The van der Waals surface area contributed by atoms with Crippen LogP contribution in [0.15, 0.2) is 59.5 Å². The molecule has 0 amide bonds. The maximum atomic E-state index is 13.8. The molecule has 0 radical (unpaired) electrons. The second kappa shape index (κ2) is 5.97. The minimum atomic E-state index is -0.391. The van der Waals surface area contributed by atoms with Crippen LogP contribution in [0, 0.1) is 5.82 Å². The van der Waals surface area contributed by atoms with Gasteiger partial charge in [0.05, 0.1) is 11.2 Å². The zero-order valence-corrected chi connectivity index (χ0v) is 11.8. The Morgan fingerprint density at radius 2 is 2.05 bits per heavy atom. The van der Waals surface area contributed by atoms with Gasteiger partial charge in [-0.15, -0.1) is 0 Å². The van der Waals surface area contributed by atoms with Crippen LogP contribution in [0.5, 0.6) is 0 Å². The highest BCUT2D eigenvalue weighted by Gasteiger charge is 2.06. The predicted molar refractivity (Wildman–Crippen MR) is 80.7 cm³/mol. The van der Waals surface area contributed by atoms with Crippen molar-refractivity contribution in [3.8, 4) is 11.3 Å². The molecule has 0 bridgehead atoms. The number of hydrogen-bond acceptors (Lipinski definition) is 3. The monoisotopic (exact) mass is 302 g/mol. The average Bonchev–Trinajstić information content (AvgIpc) is 3.03. The van der Waals surface area contributed by atoms with Gasteiger partial charge in [-0.25, -0.2) is 9.37 Å². The Bertz CT molecular complexity index is 744. The topological polar surface area (TPSA) is 38.1 Å². The first-order chi connectivity index (χ1) is 10.2. The Morgan fingerprint density at radius 1 is 1.19 bits per heavy atom. The summed E-state index contributed by atoms with van der Waals surface area (Å²) in [5.74, 6) is 0.297. The van der Waals surface area contributed by atoms with E-state index in [4.69, 9.17) is 16.0 Å². The second-order valence-electron chi connectivity index (χ2n) is 4.51. The Balaban J connectivity index is 1.77. The molecule has 106 valence electrons. The van der Waals surface area contributed by atoms with Gasteiger partial charge in [-0.1, -0.05) is 35.9 Å². The molecule has 0 aliphatic rings. The van der Waals surface area contributed by atoms with Crippen LogP contribution in [0.3, 0.4) is 0 Å². The van der Waals surface area contributed by atoms with E-state index in [1.165, 1.54) is 12.5 Å². The van der Waals surface area contributed by atoms with Crippen LogP contribution in [-0.4, -0.2) is 4.98 Å². The molecule has 21 heavy (non-hydrogen) atoms. The normalized spacial score (nSPS) is 10.6. The lowest BCUT2D eigenvalue weighted by Crippen LogP contribution is -2.02. The van der Waals surface area contributed by atoms with Crippen LogP contribution in [0.2, 0.25) is 5.02 Å². The molecule has 0 spiro atoms. The molecule has 0 unspecified atom stereocenters. The molecule has 1 aromatic heterocycles. The van der Waals surface area contributed by atoms with Gasteiger partial charge in [0.15, 0.2) is 12.2 Å². The fraction of sp³-hybridized carbons (Fsp3) is 0.0625. The molecule has 3 rings (SSSR count). The highest BCUT2D eigenvalue weighted by atomic mass is 35.5. The molecular formula is C16H12ClFN2O. The van der Waals surface area contributed by atoms with Crippen molar-refractivity contribution >= 4 is 17.3 Å². The van der Waals surface area contributed by atoms with Gasteiger partial charge in [0, 0.05) is 23.4 Å². The van der Waals surface area contributed by atoms with E-state index in [9.17, 15) is 4.39 Å². The van der Waals surface area contributed by atoms with E-state index in [-0.39, 0.29) is 5.02 Å². The van der Waals surface area contributed by atoms with E-state index in [0.717, 1.165) is 11.3 Å². The standard InChI is InChI=1S/C16H12ClFN2O/c17-14-6-2-4-12(16(14)18)8-20-13-5-1-3-11(7-13)15-9-19-10-21-15/h1-7,9-10,20H,8H2. The lowest BCUT2D eigenvalue weighted by molar-refractivity contribution is 0.572. The summed E-state index contributed by atoms with van der Waals surface area (Å²) in [4.78, 5) is 3.89. The maximum Gasteiger partial charge on any atom is 0.181 e. The summed E-state index contributed by atoms with van der Waals surface area (Å²) < 4.78 is 19.1. The zero-order valence-electron chi connectivity index (χ0n) is 11.0. The zero-order chi connectivity index (χ0) is 14.7. The van der Waals surface area contributed by atoms with E-state index in [1.54, 1.807) is 18.3 Å². The number of nitrogens with zero attached hydrogens (tertiary/aromatic N) is 1. The first-order valence-corrected chi connectivity index (χ1v) is 6.77. The Labute approximate surface area is 126 Å². The van der Waals surface area contributed by atoms with Crippen molar-refractivity contribution in [1.82, 2.24) is 4.98 Å². The minimum Gasteiger partial charge on any atom is -0.444 e. The Morgan fingerprint density at radius 3 is 2.86 bits per heavy atom. The van der Waals surface area contributed by atoms with E-state index in [2.05, 4.69) is 10.3 Å². The van der Waals surface area contributed by atoms with Crippen LogP contribution in [-0.2, 0) is 6.54 Å². The molecule has 0 aliphatic heterocycles. The fourth-order valence-corrected chi connectivity index (χ4v) is 2.22. The smallest absolute Gasteiger partial charge is 0.181 e. The number of rotatable bonds is 4. The lowest BCUT2D eigenvalue weighted by Gasteiger charge is -2.09.